The van der Waals surface area contributed by atoms with Crippen LogP contribution in [0.5, 0.6) is 0 Å². The van der Waals surface area contributed by atoms with Gasteiger partial charge in [-0.25, -0.2) is 0 Å². The van der Waals surface area contributed by atoms with Gasteiger partial charge < -0.3 is 24.7 Å². The van der Waals surface area contributed by atoms with E-state index >= 15 is 0 Å². The van der Waals surface area contributed by atoms with Gasteiger partial charge in [0.05, 0.1) is 18.8 Å². The summed E-state index contributed by atoms with van der Waals surface area (Å²) in [6.07, 6.45) is -0.267. The lowest BCUT2D eigenvalue weighted by Gasteiger charge is -2.32. The number of carbonyl (C=O) groups is 1. The van der Waals surface area contributed by atoms with Crippen molar-refractivity contribution in [1.29, 1.82) is 0 Å². The van der Waals surface area contributed by atoms with E-state index in [4.69, 9.17) is 9.15 Å². The Morgan fingerprint density at radius 3 is 2.62 bits per heavy atom. The number of nitrogens with one attached hydrogen (secondary N) is 2. The maximum Gasteiger partial charge on any atom is 0.255 e. The summed E-state index contributed by atoms with van der Waals surface area (Å²) in [7, 11) is 0. The fourth-order valence-corrected chi connectivity index (χ4v) is 3.36. The predicted octanol–water partition coefficient (Wildman–Crippen LogP) is 2.59. The van der Waals surface area contributed by atoms with Gasteiger partial charge in [-0.05, 0) is 38.1 Å². The van der Waals surface area contributed by atoms with Crippen LogP contribution in [0, 0.1) is 13.8 Å². The SMILES string of the molecule is Cc1cc(C2NC(=O)c3cc(N4CCOCC4)ccc3N2)c(C)o1. The Labute approximate surface area is 140 Å². The first-order valence-electron chi connectivity index (χ1n) is 8.23. The molecule has 24 heavy (non-hydrogen) atoms. The van der Waals surface area contributed by atoms with Crippen molar-refractivity contribution >= 4 is 17.3 Å². The molecular formula is C18H21N3O3. The van der Waals surface area contributed by atoms with Crippen LogP contribution in [0.15, 0.2) is 28.7 Å². The minimum atomic E-state index is -0.267. The van der Waals surface area contributed by atoms with Crippen LogP contribution < -0.4 is 15.5 Å². The Morgan fingerprint density at radius 1 is 1.12 bits per heavy atom. The molecule has 6 heteroatoms. The molecule has 0 radical (unpaired) electrons. The molecule has 1 amide bonds. The number of morpholine rings is 1. The summed E-state index contributed by atoms with van der Waals surface area (Å²) >= 11 is 0. The first-order chi connectivity index (χ1) is 11.6. The van der Waals surface area contributed by atoms with Crippen molar-refractivity contribution in [1.82, 2.24) is 5.32 Å². The lowest BCUT2D eigenvalue weighted by molar-refractivity contribution is 0.0935. The molecular weight excluding hydrogens is 306 g/mol. The number of anilines is 2. The highest BCUT2D eigenvalue weighted by Gasteiger charge is 2.27. The molecule has 0 bridgehead atoms. The molecule has 1 aromatic heterocycles. The summed E-state index contributed by atoms with van der Waals surface area (Å²) in [5.41, 5.74) is 3.54. The van der Waals surface area contributed by atoms with Gasteiger partial charge in [0.25, 0.3) is 5.91 Å². The van der Waals surface area contributed by atoms with Crippen LogP contribution in [-0.4, -0.2) is 32.2 Å². The first kappa shape index (κ1) is 15.1. The van der Waals surface area contributed by atoms with Crippen LogP contribution in [0.4, 0.5) is 11.4 Å². The van der Waals surface area contributed by atoms with E-state index < -0.39 is 0 Å². The fraction of sp³-hybridized carbons (Fsp3) is 0.389. The number of ether oxygens (including phenoxy) is 1. The average molecular weight is 327 g/mol. The van der Waals surface area contributed by atoms with Crippen molar-refractivity contribution in [3.63, 3.8) is 0 Å². The zero-order valence-electron chi connectivity index (χ0n) is 13.9. The molecule has 1 saturated heterocycles. The molecule has 1 atom stereocenters. The Kier molecular flexibility index (Phi) is 3.69. The van der Waals surface area contributed by atoms with Gasteiger partial charge in [-0.3, -0.25) is 4.79 Å². The van der Waals surface area contributed by atoms with E-state index in [1.165, 1.54) is 0 Å². The second kappa shape index (κ2) is 5.87. The maximum absolute atomic E-state index is 12.6. The van der Waals surface area contributed by atoms with E-state index in [0.717, 1.165) is 54.8 Å². The van der Waals surface area contributed by atoms with Crippen LogP contribution >= 0.6 is 0 Å². The molecule has 2 aliphatic rings. The van der Waals surface area contributed by atoms with Crippen LogP contribution in [0.25, 0.3) is 0 Å². The first-order valence-corrected chi connectivity index (χ1v) is 8.23. The molecule has 0 saturated carbocycles. The number of aryl methyl sites for hydroxylation is 2. The quantitative estimate of drug-likeness (QED) is 0.887. The summed E-state index contributed by atoms with van der Waals surface area (Å²) in [5, 5.41) is 6.41. The maximum atomic E-state index is 12.6. The molecule has 1 aromatic carbocycles. The monoisotopic (exact) mass is 327 g/mol. The number of hydrogen-bond donors (Lipinski definition) is 2. The van der Waals surface area contributed by atoms with Crippen LogP contribution in [0.2, 0.25) is 0 Å². The molecule has 2 N–H and O–H groups in total. The minimum Gasteiger partial charge on any atom is -0.466 e. The minimum absolute atomic E-state index is 0.0675. The Morgan fingerprint density at radius 2 is 1.92 bits per heavy atom. The van der Waals surface area contributed by atoms with Crippen molar-refractivity contribution in [2.75, 3.05) is 36.5 Å². The molecule has 0 aliphatic carbocycles. The number of amides is 1. The number of benzene rings is 1. The van der Waals surface area contributed by atoms with E-state index in [1.807, 2.05) is 32.0 Å². The number of hydrogen-bond acceptors (Lipinski definition) is 5. The van der Waals surface area contributed by atoms with E-state index in [2.05, 4.69) is 21.6 Å². The molecule has 3 heterocycles. The summed E-state index contributed by atoms with van der Waals surface area (Å²) in [4.78, 5) is 14.8. The van der Waals surface area contributed by atoms with Crippen LogP contribution in [-0.2, 0) is 4.74 Å². The Bertz CT molecular complexity index is 778. The van der Waals surface area contributed by atoms with Gasteiger partial charge in [-0.2, -0.15) is 0 Å². The van der Waals surface area contributed by atoms with Crippen molar-refractivity contribution in [2.24, 2.45) is 0 Å². The highest BCUT2D eigenvalue weighted by Crippen LogP contribution is 2.32. The molecule has 1 fully saturated rings. The summed E-state index contributed by atoms with van der Waals surface area (Å²) in [6, 6.07) is 7.95. The van der Waals surface area contributed by atoms with E-state index in [9.17, 15) is 4.79 Å². The molecule has 0 spiro atoms. The van der Waals surface area contributed by atoms with Gasteiger partial charge >= 0.3 is 0 Å². The van der Waals surface area contributed by atoms with Gasteiger partial charge in [0.1, 0.15) is 17.7 Å². The number of carbonyl (C=O) groups excluding carboxylic acids is 1. The molecule has 1 unspecified atom stereocenters. The van der Waals surface area contributed by atoms with Crippen LogP contribution in [0.3, 0.4) is 0 Å². The van der Waals surface area contributed by atoms with Gasteiger partial charge in [0.15, 0.2) is 0 Å². The highest BCUT2D eigenvalue weighted by atomic mass is 16.5. The largest absolute Gasteiger partial charge is 0.466 e. The van der Waals surface area contributed by atoms with E-state index in [-0.39, 0.29) is 12.1 Å². The number of rotatable bonds is 2. The standard InChI is InChI=1S/C18H21N3O3/c1-11-9-14(12(2)24-11)17-19-16-4-3-13(10-15(16)18(22)20-17)21-5-7-23-8-6-21/h3-4,9-10,17,19H,5-8H2,1-2H3,(H,20,22). The molecule has 6 nitrogen and oxygen atoms in total. The third-order valence-corrected chi connectivity index (χ3v) is 4.59. The molecule has 4 rings (SSSR count). The van der Waals surface area contributed by atoms with Crippen molar-refractivity contribution in [3.05, 3.63) is 46.9 Å². The summed E-state index contributed by atoms with van der Waals surface area (Å²) < 4.78 is 11.0. The van der Waals surface area contributed by atoms with E-state index in [0.29, 0.717) is 5.56 Å². The van der Waals surface area contributed by atoms with Gasteiger partial charge in [-0.15, -0.1) is 0 Å². The van der Waals surface area contributed by atoms with Gasteiger partial charge in [0.2, 0.25) is 0 Å². The van der Waals surface area contributed by atoms with Crippen LogP contribution in [0.1, 0.15) is 33.6 Å². The number of nitrogens with zero attached hydrogens (tertiary/aromatic N) is 1. The summed E-state index contributed by atoms with van der Waals surface area (Å²) in [5.74, 6) is 1.59. The van der Waals surface area contributed by atoms with Gasteiger partial charge in [0, 0.05) is 30.0 Å². The highest BCUT2D eigenvalue weighted by molar-refractivity contribution is 6.02. The van der Waals surface area contributed by atoms with Gasteiger partial charge in [-0.1, -0.05) is 0 Å². The number of furan rings is 1. The second-order valence-corrected chi connectivity index (χ2v) is 6.25. The third-order valence-electron chi connectivity index (χ3n) is 4.59. The zero-order chi connectivity index (χ0) is 16.7. The lowest BCUT2D eigenvalue weighted by atomic mass is 10.0. The van der Waals surface area contributed by atoms with Crippen molar-refractivity contribution in [3.8, 4) is 0 Å². The fourth-order valence-electron chi connectivity index (χ4n) is 3.36. The normalized spacial score (nSPS) is 20.3. The predicted molar refractivity (Wildman–Crippen MR) is 91.5 cm³/mol. The second-order valence-electron chi connectivity index (χ2n) is 6.25. The lowest BCUT2D eigenvalue weighted by Crippen LogP contribution is -2.39. The van der Waals surface area contributed by atoms with Crippen molar-refractivity contribution < 1.29 is 13.9 Å². The van der Waals surface area contributed by atoms with Crippen molar-refractivity contribution in [2.45, 2.75) is 20.0 Å². The van der Waals surface area contributed by atoms with E-state index in [1.54, 1.807) is 0 Å². The number of fused-ring (bicyclic) bond motifs is 1. The topological polar surface area (TPSA) is 66.7 Å². The third kappa shape index (κ3) is 2.63. The molecule has 2 aliphatic heterocycles. The molecule has 126 valence electrons. The zero-order valence-corrected chi connectivity index (χ0v) is 13.9. The Balaban J connectivity index is 1.62. The molecule has 2 aromatic rings. The average Bonchev–Trinajstić information content (AvgIpc) is 2.94. The summed E-state index contributed by atoms with van der Waals surface area (Å²) in [6.45, 7) is 6.97. The smallest absolute Gasteiger partial charge is 0.255 e. The Hall–Kier alpha value is -2.47.